The first-order valence-corrected chi connectivity index (χ1v) is 9.89. The number of nitrogens with one attached hydrogen (secondary N) is 1. The van der Waals surface area contributed by atoms with Crippen molar-refractivity contribution in [3.05, 3.63) is 59.7 Å². The molecule has 2 aromatic carbocycles. The van der Waals surface area contributed by atoms with Crippen LogP contribution in [0.15, 0.2) is 58.4 Å². The largest absolute Gasteiger partial charge is 0.341 e. The van der Waals surface area contributed by atoms with Gasteiger partial charge in [-0.1, -0.05) is 35.4 Å². The van der Waals surface area contributed by atoms with Crippen molar-refractivity contribution in [1.82, 2.24) is 4.72 Å². The molecule has 3 rings (SSSR count). The highest BCUT2D eigenvalue weighted by molar-refractivity contribution is 7.90. The minimum absolute atomic E-state index is 0.0497. The van der Waals surface area contributed by atoms with Crippen molar-refractivity contribution in [2.75, 3.05) is 11.4 Å². The van der Waals surface area contributed by atoms with Gasteiger partial charge in [0.25, 0.3) is 10.0 Å². The second-order valence-electron chi connectivity index (χ2n) is 6.30. The summed E-state index contributed by atoms with van der Waals surface area (Å²) in [6.45, 7) is 4.45. The third-order valence-corrected chi connectivity index (χ3v) is 5.50. The number of aryl methyl sites for hydroxylation is 2. The zero-order chi connectivity index (χ0) is 18.7. The molecule has 0 saturated heterocycles. The first kappa shape index (κ1) is 18.1. The molecule has 0 saturated carbocycles. The lowest BCUT2D eigenvalue weighted by Gasteiger charge is -2.23. The molecule has 0 fully saturated rings. The molecule has 0 radical (unpaired) electrons. The van der Waals surface area contributed by atoms with Crippen molar-refractivity contribution in [2.45, 2.75) is 31.6 Å². The molecule has 1 heterocycles. The number of aliphatic imine (C=N–C) groups is 1. The Bertz CT molecular complexity index is 933. The zero-order valence-electron chi connectivity index (χ0n) is 14.8. The van der Waals surface area contributed by atoms with Crippen molar-refractivity contribution < 1.29 is 13.2 Å². The maximum Gasteiger partial charge on any atom is 0.341 e. The average Bonchev–Trinajstić information content (AvgIpc) is 3.11. The Balaban J connectivity index is 1.90. The Morgan fingerprint density at radius 3 is 2.12 bits per heavy atom. The molecule has 0 bridgehead atoms. The van der Waals surface area contributed by atoms with Gasteiger partial charge in [0, 0.05) is 13.0 Å². The van der Waals surface area contributed by atoms with Gasteiger partial charge in [0.15, 0.2) is 0 Å². The molecule has 0 spiro atoms. The normalized spacial score (nSPS) is 14.0. The van der Waals surface area contributed by atoms with Crippen molar-refractivity contribution in [1.29, 1.82) is 0 Å². The van der Waals surface area contributed by atoms with Crippen molar-refractivity contribution in [3.63, 3.8) is 0 Å². The molecular formula is C19H21N3O3S. The molecule has 1 aliphatic rings. The van der Waals surface area contributed by atoms with E-state index < -0.39 is 16.1 Å². The first-order chi connectivity index (χ1) is 12.4. The number of hydrogen-bond donors (Lipinski definition) is 1. The van der Waals surface area contributed by atoms with Crippen LogP contribution in [0.25, 0.3) is 0 Å². The Kier molecular flexibility index (Phi) is 5.08. The van der Waals surface area contributed by atoms with E-state index in [4.69, 9.17) is 0 Å². The molecule has 26 heavy (non-hydrogen) atoms. The summed E-state index contributed by atoms with van der Waals surface area (Å²) in [5, 5.41) is 0. The van der Waals surface area contributed by atoms with Gasteiger partial charge in [0.2, 0.25) is 0 Å². The number of urea groups is 1. The molecule has 2 aromatic rings. The number of anilines is 1. The highest BCUT2D eigenvalue weighted by Crippen LogP contribution is 2.21. The predicted molar refractivity (Wildman–Crippen MR) is 102 cm³/mol. The molecule has 0 unspecified atom stereocenters. The van der Waals surface area contributed by atoms with Gasteiger partial charge in [0.05, 0.1) is 10.6 Å². The lowest BCUT2D eigenvalue weighted by atomic mass is 10.2. The second-order valence-corrected chi connectivity index (χ2v) is 7.98. The maximum absolute atomic E-state index is 12.8. The fourth-order valence-corrected chi connectivity index (χ4v) is 3.65. The minimum Gasteiger partial charge on any atom is -0.272 e. The molecule has 2 amide bonds. The van der Waals surface area contributed by atoms with Crippen LogP contribution in [-0.2, 0) is 10.0 Å². The summed E-state index contributed by atoms with van der Waals surface area (Å²) < 4.78 is 27.3. The van der Waals surface area contributed by atoms with Gasteiger partial charge in [-0.25, -0.2) is 22.8 Å². The number of carbonyl (C=O) groups excluding carboxylic acids is 1. The van der Waals surface area contributed by atoms with Gasteiger partial charge in [-0.3, -0.25) is 4.99 Å². The number of amides is 2. The zero-order valence-corrected chi connectivity index (χ0v) is 15.6. The Morgan fingerprint density at radius 2 is 1.58 bits per heavy atom. The van der Waals surface area contributed by atoms with E-state index in [2.05, 4.69) is 9.71 Å². The van der Waals surface area contributed by atoms with Crippen molar-refractivity contribution >= 4 is 27.6 Å². The number of amidine groups is 1. The summed E-state index contributed by atoms with van der Waals surface area (Å²) in [5.41, 5.74) is 2.58. The van der Waals surface area contributed by atoms with E-state index in [0.29, 0.717) is 24.5 Å². The molecule has 0 aromatic heterocycles. The fraction of sp³-hybridized carbons (Fsp3) is 0.263. The standard InChI is InChI=1S/C19H21N3O3S/c1-14-5-9-16(10-6-14)22(18-4-3-13-20-18)19(23)21-26(24,25)17-11-7-15(2)8-12-17/h5-12H,3-4,13H2,1-2H3,(H,21,23). The lowest BCUT2D eigenvalue weighted by Crippen LogP contribution is -2.45. The average molecular weight is 371 g/mol. The molecule has 6 nitrogen and oxygen atoms in total. The van der Waals surface area contributed by atoms with Gasteiger partial charge < -0.3 is 0 Å². The SMILES string of the molecule is Cc1ccc(N(C(=O)NS(=O)(=O)c2ccc(C)cc2)C2=NCCC2)cc1. The van der Waals surface area contributed by atoms with E-state index in [-0.39, 0.29) is 4.90 Å². The van der Waals surface area contributed by atoms with Crippen LogP contribution in [0, 0.1) is 13.8 Å². The van der Waals surface area contributed by atoms with Crippen molar-refractivity contribution in [3.8, 4) is 0 Å². The van der Waals surface area contributed by atoms with Crippen LogP contribution in [-0.4, -0.2) is 26.8 Å². The quantitative estimate of drug-likeness (QED) is 0.898. The summed E-state index contributed by atoms with van der Waals surface area (Å²) in [6.07, 6.45) is 1.47. The van der Waals surface area contributed by atoms with Crippen LogP contribution in [0.3, 0.4) is 0 Å². The van der Waals surface area contributed by atoms with Crippen LogP contribution in [0.4, 0.5) is 10.5 Å². The monoisotopic (exact) mass is 371 g/mol. The summed E-state index contributed by atoms with van der Waals surface area (Å²) >= 11 is 0. The van der Waals surface area contributed by atoms with E-state index in [1.54, 1.807) is 24.3 Å². The number of benzene rings is 2. The van der Waals surface area contributed by atoms with Gasteiger partial charge in [0.1, 0.15) is 5.84 Å². The predicted octanol–water partition coefficient (Wildman–Crippen LogP) is 3.40. The van der Waals surface area contributed by atoms with Crippen LogP contribution in [0.1, 0.15) is 24.0 Å². The highest BCUT2D eigenvalue weighted by atomic mass is 32.2. The van der Waals surface area contributed by atoms with E-state index in [9.17, 15) is 13.2 Å². The van der Waals surface area contributed by atoms with Crippen LogP contribution in [0.5, 0.6) is 0 Å². The number of sulfonamides is 1. The van der Waals surface area contributed by atoms with Crippen LogP contribution < -0.4 is 9.62 Å². The molecule has 0 atom stereocenters. The Labute approximate surface area is 153 Å². The summed E-state index contributed by atoms with van der Waals surface area (Å²) in [6, 6.07) is 12.9. The smallest absolute Gasteiger partial charge is 0.272 e. The fourth-order valence-electron chi connectivity index (χ4n) is 2.72. The van der Waals surface area contributed by atoms with Gasteiger partial charge >= 0.3 is 6.03 Å². The Hall–Kier alpha value is -2.67. The Morgan fingerprint density at radius 1 is 1.00 bits per heavy atom. The van der Waals surface area contributed by atoms with Gasteiger partial charge in [-0.2, -0.15) is 0 Å². The molecule has 0 aliphatic carbocycles. The van der Waals surface area contributed by atoms with Crippen LogP contribution >= 0.6 is 0 Å². The minimum atomic E-state index is -3.96. The third-order valence-electron chi connectivity index (χ3n) is 4.16. The summed E-state index contributed by atoms with van der Waals surface area (Å²) in [7, 11) is -3.96. The topological polar surface area (TPSA) is 78.8 Å². The molecule has 1 aliphatic heterocycles. The molecule has 7 heteroatoms. The van der Waals surface area contributed by atoms with E-state index in [0.717, 1.165) is 17.5 Å². The second kappa shape index (κ2) is 7.29. The van der Waals surface area contributed by atoms with E-state index in [1.807, 2.05) is 26.0 Å². The van der Waals surface area contributed by atoms with E-state index in [1.165, 1.54) is 17.0 Å². The summed E-state index contributed by atoms with van der Waals surface area (Å²) in [4.78, 5) is 18.6. The lowest BCUT2D eigenvalue weighted by molar-refractivity contribution is 0.253. The maximum atomic E-state index is 12.8. The van der Waals surface area contributed by atoms with Gasteiger partial charge in [-0.15, -0.1) is 0 Å². The molecule has 1 N–H and O–H groups in total. The number of rotatable bonds is 3. The van der Waals surface area contributed by atoms with Crippen LogP contribution in [0.2, 0.25) is 0 Å². The number of nitrogens with zero attached hydrogens (tertiary/aromatic N) is 2. The molecular weight excluding hydrogens is 350 g/mol. The highest BCUT2D eigenvalue weighted by Gasteiger charge is 2.27. The summed E-state index contributed by atoms with van der Waals surface area (Å²) in [5.74, 6) is 0.574. The number of hydrogen-bond acceptors (Lipinski definition) is 4. The van der Waals surface area contributed by atoms with Crippen molar-refractivity contribution in [2.24, 2.45) is 4.99 Å². The first-order valence-electron chi connectivity index (χ1n) is 8.40. The van der Waals surface area contributed by atoms with E-state index >= 15 is 0 Å². The number of carbonyl (C=O) groups is 1. The third kappa shape index (κ3) is 3.94. The molecule has 136 valence electrons. The van der Waals surface area contributed by atoms with Gasteiger partial charge in [-0.05, 0) is 44.5 Å².